The normalized spacial score (nSPS) is 12.0. The van der Waals surface area contributed by atoms with Crippen molar-refractivity contribution in [1.29, 1.82) is 0 Å². The third-order valence-electron chi connectivity index (χ3n) is 0.600. The standard InChI is InChI=1S/3H4O7P2.4Pr/c3*1-8(2,3)7-9(4,5)6;;;;/h3*(H2,1,2,3)(H2,4,5,6);;;;/q;;;4*+3/p-12. The van der Waals surface area contributed by atoms with Gasteiger partial charge >= 0.3 is 165 Å². The van der Waals surface area contributed by atoms with Gasteiger partial charge in [0.25, 0.3) is 0 Å². The van der Waals surface area contributed by atoms with E-state index in [-0.39, 0.29) is 165 Å². The molecule has 0 spiro atoms. The van der Waals surface area contributed by atoms with Crippen molar-refractivity contribution in [2.75, 3.05) is 0 Å². The van der Waals surface area contributed by atoms with Crippen LogP contribution in [0.5, 0.6) is 0 Å². The molecule has 0 unspecified atom stereocenters. The van der Waals surface area contributed by atoms with E-state index >= 15 is 0 Å². The molecular weight excluding hydrogens is 1090 g/mol. The number of phosphoric acid groups is 6. The molecule has 0 fully saturated rings. The van der Waals surface area contributed by atoms with Crippen LogP contribution in [0, 0.1) is 165 Å². The quantitative estimate of drug-likeness (QED) is 0.223. The molecule has 21 nitrogen and oxygen atoms in total. The van der Waals surface area contributed by atoms with Gasteiger partial charge in [0.1, 0.15) is 0 Å². The molecule has 0 rings (SSSR count). The molecule has 0 aromatic heterocycles. The van der Waals surface area contributed by atoms with Crippen LogP contribution in [0.4, 0.5) is 0 Å². The molecule has 0 aliphatic carbocycles. The molecule has 0 saturated heterocycles. The zero-order chi connectivity index (χ0) is 23.1. The van der Waals surface area contributed by atoms with Crippen LogP contribution in [-0.4, -0.2) is 0 Å². The van der Waals surface area contributed by atoms with Gasteiger partial charge in [-0.05, 0) is 0 Å². The predicted octanol–water partition coefficient (Wildman–Crippen LogP) is -10.0. The maximum absolute atomic E-state index is 9.32. The summed E-state index contributed by atoms with van der Waals surface area (Å²) in [6, 6.07) is 0. The second kappa shape index (κ2) is 22.0. The van der Waals surface area contributed by atoms with E-state index in [0.29, 0.717) is 0 Å². The third-order valence-corrected chi connectivity index (χ3v) is 5.40. The first kappa shape index (κ1) is 53.5. The summed E-state index contributed by atoms with van der Waals surface area (Å²) >= 11 is 0. The Morgan fingerprint density at radius 3 is 0.355 bits per heavy atom. The Kier molecular flexibility index (Phi) is 37.9. The number of hydrogen-bond acceptors (Lipinski definition) is 21. The minimum absolute atomic E-state index is 0. The minimum Gasteiger partial charge on any atom is -0.790 e. The van der Waals surface area contributed by atoms with E-state index in [1.54, 1.807) is 0 Å². The fraction of sp³-hybridized carbons (Fsp3) is 0. The van der Waals surface area contributed by atoms with E-state index in [1.807, 2.05) is 0 Å². The first-order chi connectivity index (χ1) is 11.1. The van der Waals surface area contributed by atoms with Crippen LogP contribution in [0.15, 0.2) is 0 Å². The van der Waals surface area contributed by atoms with Crippen LogP contribution in [0.1, 0.15) is 0 Å². The summed E-state index contributed by atoms with van der Waals surface area (Å²) in [7, 11) is -34.1. The largest absolute Gasteiger partial charge is 3.00 e. The molecule has 0 aromatic carbocycles. The van der Waals surface area contributed by atoms with Crippen LogP contribution in [0.3, 0.4) is 0 Å². The molecule has 0 aliphatic heterocycles. The predicted molar refractivity (Wildman–Crippen MR) is 48.9 cm³/mol. The summed E-state index contributed by atoms with van der Waals surface area (Å²) < 4.78 is 63.5. The van der Waals surface area contributed by atoms with Gasteiger partial charge in [-0.2, -0.15) is 0 Å². The average Bonchev–Trinajstić information content (AvgIpc) is 1.96. The molecular formula is O21P6Pr4. The van der Waals surface area contributed by atoms with Gasteiger partial charge in [-0.1, -0.05) is 0 Å². The van der Waals surface area contributed by atoms with E-state index in [1.165, 1.54) is 0 Å². The maximum Gasteiger partial charge on any atom is 3.00 e. The van der Waals surface area contributed by atoms with E-state index in [9.17, 15) is 86.1 Å². The van der Waals surface area contributed by atoms with Crippen LogP contribution in [-0.2, 0) is 40.3 Å². The minimum atomic E-state index is -5.68. The Morgan fingerprint density at radius 1 is 0.290 bits per heavy atom. The van der Waals surface area contributed by atoms with Crippen molar-refractivity contribution < 1.29 is 264 Å². The van der Waals surface area contributed by atoms with E-state index < -0.39 is 46.9 Å². The second-order valence-corrected chi connectivity index (χ2v) is 10.3. The zero-order valence-corrected chi connectivity index (χ0v) is 33.8. The molecule has 0 heterocycles. The molecule has 0 saturated carbocycles. The van der Waals surface area contributed by atoms with Gasteiger partial charge in [0.2, 0.25) is 0 Å². The van der Waals surface area contributed by atoms with Gasteiger partial charge in [0.15, 0.2) is 0 Å². The fourth-order valence-electron chi connectivity index (χ4n) is 0.367. The van der Waals surface area contributed by atoms with Crippen LogP contribution >= 0.6 is 46.9 Å². The van der Waals surface area contributed by atoms with E-state index in [4.69, 9.17) is 0 Å². The van der Waals surface area contributed by atoms with Crippen molar-refractivity contribution >= 4 is 46.9 Å². The number of hydrogen-bond donors (Lipinski definition) is 0. The summed E-state index contributed by atoms with van der Waals surface area (Å²) in [5.41, 5.74) is 0. The van der Waals surface area contributed by atoms with Gasteiger partial charge in [-0.15, -0.1) is 0 Å². The van der Waals surface area contributed by atoms with Crippen molar-refractivity contribution in [3.05, 3.63) is 0 Å². The monoisotopic (exact) mass is 1090 g/mol. The van der Waals surface area contributed by atoms with Gasteiger partial charge in [0, 0.05) is 0 Å². The SMILES string of the molecule is O=P([O-])([O-])OP(=O)([O-])[O-].O=P([O-])([O-])OP(=O)([O-])[O-].O=P([O-])([O-])OP(=O)([O-])[O-].[Pr+3].[Pr+3].[Pr+3].[Pr+3]. The molecule has 31 heavy (non-hydrogen) atoms. The average molecular weight is 1090 g/mol. The molecule has 0 aliphatic rings. The molecule has 0 aromatic rings. The maximum atomic E-state index is 9.32. The van der Waals surface area contributed by atoms with Crippen molar-refractivity contribution in [1.82, 2.24) is 0 Å². The Hall–Kier alpha value is 6.23. The van der Waals surface area contributed by atoms with Crippen LogP contribution < -0.4 is 58.7 Å². The summed E-state index contributed by atoms with van der Waals surface area (Å²) in [5, 5.41) is 0. The van der Waals surface area contributed by atoms with Crippen LogP contribution in [0.2, 0.25) is 0 Å². The Labute approximate surface area is 304 Å². The molecule has 0 amide bonds. The van der Waals surface area contributed by atoms with Gasteiger partial charge in [-0.25, -0.2) is 0 Å². The molecule has 168 valence electrons. The Morgan fingerprint density at radius 2 is 0.355 bits per heavy atom. The second-order valence-electron chi connectivity index (χ2n) is 2.93. The van der Waals surface area contributed by atoms with Crippen molar-refractivity contribution in [2.45, 2.75) is 0 Å². The summed E-state index contributed by atoms with van der Waals surface area (Å²) in [6.45, 7) is 0. The topological polar surface area (TPSA) is 407 Å². The Bertz CT molecular complexity index is 559. The van der Waals surface area contributed by atoms with Crippen molar-refractivity contribution in [2.24, 2.45) is 0 Å². The van der Waals surface area contributed by atoms with Gasteiger partial charge in [0.05, 0.1) is 46.9 Å². The van der Waals surface area contributed by atoms with Crippen LogP contribution in [0.25, 0.3) is 0 Å². The summed E-state index contributed by atoms with van der Waals surface area (Å²) in [5.74, 6) is 0. The summed E-state index contributed by atoms with van der Waals surface area (Å²) in [6.07, 6.45) is 0. The smallest absolute Gasteiger partial charge is 0.790 e. The zero-order valence-electron chi connectivity index (χ0n) is 13.6. The van der Waals surface area contributed by atoms with Crippen molar-refractivity contribution in [3.8, 4) is 0 Å². The molecule has 0 N–H and O–H groups in total. The Balaban J connectivity index is -0.0000000524. The molecule has 0 radical (unpaired) electrons. The molecule has 0 bridgehead atoms. The van der Waals surface area contributed by atoms with Gasteiger partial charge < -0.3 is 99.0 Å². The fourth-order valence-corrected chi connectivity index (χ4v) is 3.31. The molecule has 31 heteroatoms. The number of rotatable bonds is 6. The van der Waals surface area contributed by atoms with Gasteiger partial charge in [-0.3, -0.25) is 0 Å². The van der Waals surface area contributed by atoms with Crippen molar-refractivity contribution in [3.63, 3.8) is 0 Å². The first-order valence-electron chi connectivity index (χ1n) is 4.38. The third kappa shape index (κ3) is 72.3. The van der Waals surface area contributed by atoms with E-state index in [2.05, 4.69) is 12.9 Å². The van der Waals surface area contributed by atoms with E-state index in [0.717, 1.165) is 0 Å². The molecule has 0 atom stereocenters. The summed E-state index contributed by atoms with van der Waals surface area (Å²) in [4.78, 5) is 112. The first-order valence-corrected chi connectivity index (χ1v) is 13.1.